The standard InChI is InChI=1S/C12H22N2/c1-3-14(4-2)12-9-7-5-6-8-11(12)10-13/h11-12H,3-9H2,1-2H3. The van der Waals surface area contributed by atoms with Crippen LogP contribution < -0.4 is 0 Å². The molecule has 0 aromatic rings. The van der Waals surface area contributed by atoms with Crippen molar-refractivity contribution in [3.8, 4) is 6.07 Å². The van der Waals surface area contributed by atoms with Gasteiger partial charge in [-0.25, -0.2) is 0 Å². The van der Waals surface area contributed by atoms with Crippen molar-refractivity contribution in [2.75, 3.05) is 13.1 Å². The summed E-state index contributed by atoms with van der Waals surface area (Å²) in [6.45, 7) is 6.56. The molecular formula is C12H22N2. The van der Waals surface area contributed by atoms with Crippen LogP contribution in [0.3, 0.4) is 0 Å². The minimum atomic E-state index is 0.275. The molecule has 0 spiro atoms. The van der Waals surface area contributed by atoms with Crippen LogP contribution in [-0.4, -0.2) is 24.0 Å². The summed E-state index contributed by atoms with van der Waals surface area (Å²) in [6, 6.07) is 3.03. The van der Waals surface area contributed by atoms with Crippen LogP contribution in [0.25, 0.3) is 0 Å². The van der Waals surface area contributed by atoms with Crippen molar-refractivity contribution in [2.45, 2.75) is 52.0 Å². The number of rotatable bonds is 3. The maximum Gasteiger partial charge on any atom is 0.0672 e. The third-order valence-electron chi connectivity index (χ3n) is 3.43. The van der Waals surface area contributed by atoms with Gasteiger partial charge >= 0.3 is 0 Å². The lowest BCUT2D eigenvalue weighted by atomic mass is 9.95. The molecule has 0 radical (unpaired) electrons. The summed E-state index contributed by atoms with van der Waals surface area (Å²) in [5, 5.41) is 9.15. The molecule has 0 N–H and O–H groups in total. The van der Waals surface area contributed by atoms with E-state index >= 15 is 0 Å². The molecule has 0 amide bonds. The van der Waals surface area contributed by atoms with Crippen LogP contribution in [-0.2, 0) is 0 Å². The Balaban J connectivity index is 2.64. The highest BCUT2D eigenvalue weighted by Gasteiger charge is 2.26. The normalized spacial score (nSPS) is 28.4. The Morgan fingerprint density at radius 3 is 2.36 bits per heavy atom. The summed E-state index contributed by atoms with van der Waals surface area (Å²) in [5.41, 5.74) is 0. The summed E-state index contributed by atoms with van der Waals surface area (Å²) in [7, 11) is 0. The van der Waals surface area contributed by atoms with Gasteiger partial charge in [-0.05, 0) is 25.9 Å². The van der Waals surface area contributed by atoms with E-state index in [1.807, 2.05) is 0 Å². The van der Waals surface area contributed by atoms with E-state index in [9.17, 15) is 0 Å². The highest BCUT2D eigenvalue weighted by Crippen LogP contribution is 2.26. The van der Waals surface area contributed by atoms with Crippen molar-refractivity contribution in [3.63, 3.8) is 0 Å². The summed E-state index contributed by atoms with van der Waals surface area (Å²) < 4.78 is 0. The first-order valence-corrected chi connectivity index (χ1v) is 5.97. The van der Waals surface area contributed by atoms with Crippen LogP contribution >= 0.6 is 0 Å². The summed E-state index contributed by atoms with van der Waals surface area (Å²) in [6.07, 6.45) is 6.20. The SMILES string of the molecule is CCN(CC)C1CCCCCC1C#N. The van der Waals surface area contributed by atoms with Gasteiger partial charge in [0.05, 0.1) is 12.0 Å². The molecule has 1 aliphatic carbocycles. The smallest absolute Gasteiger partial charge is 0.0672 e. The second kappa shape index (κ2) is 6.03. The molecule has 0 heterocycles. The first-order chi connectivity index (χ1) is 6.83. The molecule has 2 atom stereocenters. The zero-order valence-corrected chi connectivity index (χ0v) is 9.50. The van der Waals surface area contributed by atoms with E-state index in [0.29, 0.717) is 6.04 Å². The van der Waals surface area contributed by atoms with Crippen LogP contribution in [0.2, 0.25) is 0 Å². The second-order valence-corrected chi connectivity index (χ2v) is 4.16. The van der Waals surface area contributed by atoms with E-state index in [4.69, 9.17) is 5.26 Å². The second-order valence-electron chi connectivity index (χ2n) is 4.16. The Morgan fingerprint density at radius 2 is 1.79 bits per heavy atom. The Hall–Kier alpha value is -0.550. The van der Waals surface area contributed by atoms with E-state index in [1.165, 1.54) is 25.7 Å². The van der Waals surface area contributed by atoms with Crippen molar-refractivity contribution in [1.29, 1.82) is 5.26 Å². The van der Waals surface area contributed by atoms with Gasteiger partial charge < -0.3 is 0 Å². The largest absolute Gasteiger partial charge is 0.300 e. The summed E-state index contributed by atoms with van der Waals surface area (Å²) in [5.74, 6) is 0.275. The van der Waals surface area contributed by atoms with Gasteiger partial charge in [-0.1, -0.05) is 33.1 Å². The first kappa shape index (κ1) is 11.5. The van der Waals surface area contributed by atoms with Gasteiger partial charge in [-0.2, -0.15) is 5.26 Å². The van der Waals surface area contributed by atoms with Gasteiger partial charge in [0.1, 0.15) is 0 Å². The highest BCUT2D eigenvalue weighted by molar-refractivity contribution is 4.94. The zero-order chi connectivity index (χ0) is 10.4. The van der Waals surface area contributed by atoms with Crippen molar-refractivity contribution in [2.24, 2.45) is 5.92 Å². The van der Waals surface area contributed by atoms with Gasteiger partial charge in [0.15, 0.2) is 0 Å². The molecule has 1 saturated carbocycles. The third kappa shape index (κ3) is 2.72. The molecule has 1 aliphatic rings. The van der Waals surface area contributed by atoms with Gasteiger partial charge in [-0.3, -0.25) is 4.90 Å². The quantitative estimate of drug-likeness (QED) is 0.646. The molecule has 2 nitrogen and oxygen atoms in total. The first-order valence-electron chi connectivity index (χ1n) is 5.97. The average molecular weight is 194 g/mol. The lowest BCUT2D eigenvalue weighted by molar-refractivity contribution is 0.170. The molecule has 2 heteroatoms. The van der Waals surface area contributed by atoms with E-state index in [0.717, 1.165) is 19.5 Å². The van der Waals surface area contributed by atoms with Crippen LogP contribution in [0.1, 0.15) is 46.0 Å². The van der Waals surface area contributed by atoms with Crippen molar-refractivity contribution < 1.29 is 0 Å². The molecule has 1 fully saturated rings. The van der Waals surface area contributed by atoms with E-state index < -0.39 is 0 Å². The fourth-order valence-electron chi connectivity index (χ4n) is 2.57. The topological polar surface area (TPSA) is 27.0 Å². The Bertz CT molecular complexity index is 191. The molecule has 0 saturated heterocycles. The number of hydrogen-bond donors (Lipinski definition) is 0. The molecule has 0 bridgehead atoms. The van der Waals surface area contributed by atoms with E-state index in [2.05, 4.69) is 24.8 Å². The predicted octanol–water partition coefficient (Wildman–Crippen LogP) is 2.80. The van der Waals surface area contributed by atoms with Crippen LogP contribution in [0, 0.1) is 17.2 Å². The molecule has 14 heavy (non-hydrogen) atoms. The molecular weight excluding hydrogens is 172 g/mol. The van der Waals surface area contributed by atoms with Gasteiger partial charge in [0.25, 0.3) is 0 Å². The molecule has 0 aliphatic heterocycles. The average Bonchev–Trinajstić information content (AvgIpc) is 2.45. The number of nitriles is 1. The Kier molecular flexibility index (Phi) is 4.97. The van der Waals surface area contributed by atoms with Crippen LogP contribution in [0.15, 0.2) is 0 Å². The molecule has 80 valence electrons. The highest BCUT2D eigenvalue weighted by atomic mass is 15.1. The lowest BCUT2D eigenvalue weighted by Gasteiger charge is -2.31. The monoisotopic (exact) mass is 194 g/mol. The predicted molar refractivity (Wildman–Crippen MR) is 58.9 cm³/mol. The molecule has 0 aromatic heterocycles. The van der Waals surface area contributed by atoms with Gasteiger partial charge in [-0.15, -0.1) is 0 Å². The molecule has 2 unspecified atom stereocenters. The van der Waals surface area contributed by atoms with Crippen LogP contribution in [0.4, 0.5) is 0 Å². The summed E-state index contributed by atoms with van der Waals surface area (Å²) in [4.78, 5) is 2.46. The maximum absolute atomic E-state index is 9.15. The maximum atomic E-state index is 9.15. The fourth-order valence-corrected chi connectivity index (χ4v) is 2.57. The Labute approximate surface area is 87.9 Å². The zero-order valence-electron chi connectivity index (χ0n) is 9.50. The van der Waals surface area contributed by atoms with Crippen molar-refractivity contribution >= 4 is 0 Å². The van der Waals surface area contributed by atoms with Crippen molar-refractivity contribution in [3.05, 3.63) is 0 Å². The number of hydrogen-bond acceptors (Lipinski definition) is 2. The molecule has 0 aromatic carbocycles. The molecule has 1 rings (SSSR count). The van der Waals surface area contributed by atoms with Crippen LogP contribution in [0.5, 0.6) is 0 Å². The van der Waals surface area contributed by atoms with E-state index in [-0.39, 0.29) is 5.92 Å². The minimum Gasteiger partial charge on any atom is -0.300 e. The fraction of sp³-hybridized carbons (Fsp3) is 0.917. The van der Waals surface area contributed by atoms with E-state index in [1.54, 1.807) is 0 Å². The van der Waals surface area contributed by atoms with Crippen molar-refractivity contribution in [1.82, 2.24) is 4.90 Å². The third-order valence-corrected chi connectivity index (χ3v) is 3.43. The summed E-state index contributed by atoms with van der Waals surface area (Å²) >= 11 is 0. The lowest BCUT2D eigenvalue weighted by Crippen LogP contribution is -2.39. The Morgan fingerprint density at radius 1 is 1.14 bits per heavy atom. The minimum absolute atomic E-state index is 0.275. The number of nitrogens with zero attached hydrogens (tertiary/aromatic N) is 2. The van der Waals surface area contributed by atoms with Gasteiger partial charge in [0.2, 0.25) is 0 Å². The van der Waals surface area contributed by atoms with Gasteiger partial charge in [0, 0.05) is 6.04 Å².